The van der Waals surface area contributed by atoms with Crippen molar-refractivity contribution in [3.05, 3.63) is 64.1 Å². The summed E-state index contributed by atoms with van der Waals surface area (Å²) in [7, 11) is -4.09. The van der Waals surface area contributed by atoms with Crippen LogP contribution in [0.25, 0.3) is 0 Å². The molecule has 150 valence electrons. The van der Waals surface area contributed by atoms with Crippen molar-refractivity contribution in [1.82, 2.24) is 10.0 Å². The number of rotatable bonds is 7. The Hall–Kier alpha value is -1.60. The zero-order valence-electron chi connectivity index (χ0n) is 15.2. The van der Waals surface area contributed by atoms with E-state index in [-0.39, 0.29) is 33.3 Å². The molecule has 1 amide bonds. The summed E-state index contributed by atoms with van der Waals surface area (Å²) in [6, 6.07) is 12.8. The van der Waals surface area contributed by atoms with E-state index < -0.39 is 16.1 Å². The molecule has 28 heavy (non-hydrogen) atoms. The van der Waals surface area contributed by atoms with Gasteiger partial charge in [-0.1, -0.05) is 72.4 Å². The van der Waals surface area contributed by atoms with Crippen molar-refractivity contribution >= 4 is 39.1 Å². The smallest absolute Gasteiger partial charge is 0.244 e. The standard InChI is InChI=1S/C20H22Cl2N2O3S/c21-16-11-6-12-17(22)19(16)28(26,27)24-18(13-14-7-2-1-3-8-14)20(25)23-15-9-4-5-10-15/h1-3,6-8,11-12,15,18,24H,4-5,9-10,13H2,(H,23,25)/t18-/m0/s1. The Bertz CT molecular complexity index is 909. The van der Waals surface area contributed by atoms with Gasteiger partial charge >= 0.3 is 0 Å². The lowest BCUT2D eigenvalue weighted by Gasteiger charge is -2.22. The molecular weight excluding hydrogens is 419 g/mol. The van der Waals surface area contributed by atoms with Crippen molar-refractivity contribution in [3.63, 3.8) is 0 Å². The molecule has 1 aliphatic carbocycles. The Labute approximate surface area is 175 Å². The molecule has 0 radical (unpaired) electrons. The van der Waals surface area contributed by atoms with Gasteiger partial charge in [0.25, 0.3) is 0 Å². The number of hydrogen-bond donors (Lipinski definition) is 2. The molecule has 2 aromatic rings. The summed E-state index contributed by atoms with van der Waals surface area (Å²) < 4.78 is 28.4. The lowest BCUT2D eigenvalue weighted by atomic mass is 10.1. The number of hydrogen-bond acceptors (Lipinski definition) is 3. The van der Waals surface area contributed by atoms with E-state index in [9.17, 15) is 13.2 Å². The summed E-state index contributed by atoms with van der Waals surface area (Å²) in [6.45, 7) is 0. The highest BCUT2D eigenvalue weighted by molar-refractivity contribution is 7.89. The van der Waals surface area contributed by atoms with Crippen LogP contribution in [0.15, 0.2) is 53.4 Å². The van der Waals surface area contributed by atoms with E-state index in [0.717, 1.165) is 31.2 Å². The molecule has 1 aliphatic rings. The molecule has 0 bridgehead atoms. The largest absolute Gasteiger partial charge is 0.352 e. The molecule has 0 aliphatic heterocycles. The Morgan fingerprint density at radius 3 is 2.21 bits per heavy atom. The van der Waals surface area contributed by atoms with Crippen LogP contribution in [0.5, 0.6) is 0 Å². The van der Waals surface area contributed by atoms with Crippen LogP contribution in [0.3, 0.4) is 0 Å². The fourth-order valence-electron chi connectivity index (χ4n) is 3.40. The molecule has 1 fully saturated rings. The molecule has 0 unspecified atom stereocenters. The fraction of sp³-hybridized carbons (Fsp3) is 0.350. The molecular formula is C20H22Cl2N2O3S. The summed E-state index contributed by atoms with van der Waals surface area (Å²) >= 11 is 12.1. The molecule has 2 N–H and O–H groups in total. The van der Waals surface area contributed by atoms with Crippen molar-refractivity contribution in [1.29, 1.82) is 0 Å². The van der Waals surface area contributed by atoms with Gasteiger partial charge in [-0.25, -0.2) is 8.42 Å². The van der Waals surface area contributed by atoms with E-state index in [4.69, 9.17) is 23.2 Å². The van der Waals surface area contributed by atoms with Gasteiger partial charge in [-0.3, -0.25) is 4.79 Å². The maximum Gasteiger partial charge on any atom is 0.244 e. The molecule has 0 saturated heterocycles. The molecule has 0 spiro atoms. The van der Waals surface area contributed by atoms with Gasteiger partial charge in [-0.2, -0.15) is 4.72 Å². The van der Waals surface area contributed by atoms with E-state index in [2.05, 4.69) is 10.0 Å². The van der Waals surface area contributed by atoms with Gasteiger partial charge in [0.15, 0.2) is 0 Å². The van der Waals surface area contributed by atoms with Crippen LogP contribution in [0.1, 0.15) is 31.2 Å². The first-order valence-electron chi connectivity index (χ1n) is 9.17. The minimum absolute atomic E-state index is 0.00895. The highest BCUT2D eigenvalue weighted by atomic mass is 35.5. The molecule has 0 heterocycles. The van der Waals surface area contributed by atoms with Gasteiger partial charge in [-0.15, -0.1) is 0 Å². The summed E-state index contributed by atoms with van der Waals surface area (Å²) in [5.74, 6) is -0.345. The van der Waals surface area contributed by atoms with Crippen LogP contribution >= 0.6 is 23.2 Å². The number of nitrogens with one attached hydrogen (secondary N) is 2. The van der Waals surface area contributed by atoms with Gasteiger partial charge < -0.3 is 5.32 Å². The minimum Gasteiger partial charge on any atom is -0.352 e. The third-order valence-corrected chi connectivity index (χ3v) is 7.21. The zero-order valence-corrected chi connectivity index (χ0v) is 17.5. The first-order valence-corrected chi connectivity index (χ1v) is 11.4. The number of carbonyl (C=O) groups excluding carboxylic acids is 1. The maximum absolute atomic E-state index is 13.0. The molecule has 2 aromatic carbocycles. The first-order chi connectivity index (χ1) is 13.4. The minimum atomic E-state index is -4.09. The Morgan fingerprint density at radius 2 is 1.61 bits per heavy atom. The van der Waals surface area contributed by atoms with E-state index in [1.807, 2.05) is 30.3 Å². The number of halogens is 2. The molecule has 3 rings (SSSR count). The van der Waals surface area contributed by atoms with Gasteiger partial charge in [0, 0.05) is 6.04 Å². The molecule has 1 saturated carbocycles. The second-order valence-electron chi connectivity index (χ2n) is 6.90. The van der Waals surface area contributed by atoms with Crippen molar-refractivity contribution in [2.75, 3.05) is 0 Å². The summed E-state index contributed by atoms with van der Waals surface area (Å²) in [5, 5.41) is 2.99. The van der Waals surface area contributed by atoms with Crippen molar-refractivity contribution in [2.45, 2.75) is 49.1 Å². The SMILES string of the molecule is O=C(NC1CCCC1)[C@H](Cc1ccccc1)NS(=O)(=O)c1c(Cl)cccc1Cl. The van der Waals surface area contributed by atoms with Crippen LogP contribution in [-0.2, 0) is 21.2 Å². The van der Waals surface area contributed by atoms with Gasteiger partial charge in [0.1, 0.15) is 10.9 Å². The summed E-state index contributed by atoms with van der Waals surface area (Å²) in [6.07, 6.45) is 4.17. The average molecular weight is 441 g/mol. The van der Waals surface area contributed by atoms with Crippen molar-refractivity contribution < 1.29 is 13.2 Å². The Kier molecular flexibility index (Phi) is 6.99. The van der Waals surface area contributed by atoms with Crippen LogP contribution in [-0.4, -0.2) is 26.4 Å². The van der Waals surface area contributed by atoms with Crippen LogP contribution in [0, 0.1) is 0 Å². The van der Waals surface area contributed by atoms with Crippen LogP contribution in [0.4, 0.5) is 0 Å². The fourth-order valence-corrected chi connectivity index (χ4v) is 5.73. The maximum atomic E-state index is 13.0. The lowest BCUT2D eigenvalue weighted by Crippen LogP contribution is -2.50. The normalized spacial score (nSPS) is 16.1. The topological polar surface area (TPSA) is 75.3 Å². The number of benzene rings is 2. The summed E-state index contributed by atoms with van der Waals surface area (Å²) in [4.78, 5) is 12.7. The average Bonchev–Trinajstić information content (AvgIpc) is 3.14. The Morgan fingerprint density at radius 1 is 1.00 bits per heavy atom. The monoisotopic (exact) mass is 440 g/mol. The van der Waals surface area contributed by atoms with E-state index in [1.165, 1.54) is 12.1 Å². The third-order valence-electron chi connectivity index (χ3n) is 4.79. The number of amides is 1. The van der Waals surface area contributed by atoms with Crippen molar-refractivity contribution in [2.24, 2.45) is 0 Å². The predicted octanol–water partition coefficient (Wildman–Crippen LogP) is 3.94. The second-order valence-corrected chi connectivity index (χ2v) is 9.37. The van der Waals surface area contributed by atoms with Gasteiger partial charge in [0.05, 0.1) is 10.0 Å². The van der Waals surface area contributed by atoms with Crippen LogP contribution in [0.2, 0.25) is 10.0 Å². The number of carbonyl (C=O) groups is 1. The van der Waals surface area contributed by atoms with Crippen molar-refractivity contribution in [3.8, 4) is 0 Å². The van der Waals surface area contributed by atoms with Gasteiger partial charge in [-0.05, 0) is 37.0 Å². The highest BCUT2D eigenvalue weighted by Crippen LogP contribution is 2.29. The van der Waals surface area contributed by atoms with E-state index in [1.54, 1.807) is 6.07 Å². The molecule has 8 heteroatoms. The van der Waals surface area contributed by atoms with Crippen LogP contribution < -0.4 is 10.0 Å². The molecule has 1 atom stereocenters. The lowest BCUT2D eigenvalue weighted by molar-refractivity contribution is -0.123. The first kappa shape index (κ1) is 21.1. The molecule has 5 nitrogen and oxygen atoms in total. The second kappa shape index (κ2) is 9.27. The van der Waals surface area contributed by atoms with Gasteiger partial charge in [0.2, 0.25) is 15.9 Å². The Balaban J connectivity index is 1.86. The van der Waals surface area contributed by atoms with E-state index >= 15 is 0 Å². The predicted molar refractivity (Wildman–Crippen MR) is 111 cm³/mol. The highest BCUT2D eigenvalue weighted by Gasteiger charge is 2.30. The zero-order chi connectivity index (χ0) is 20.1. The molecule has 0 aromatic heterocycles. The summed E-state index contributed by atoms with van der Waals surface area (Å²) in [5.41, 5.74) is 0.849. The quantitative estimate of drug-likeness (QED) is 0.684. The van der Waals surface area contributed by atoms with E-state index in [0.29, 0.717) is 0 Å². The number of sulfonamides is 1. The third kappa shape index (κ3) is 5.26.